The van der Waals surface area contributed by atoms with Crippen LogP contribution < -0.4 is 5.32 Å². The van der Waals surface area contributed by atoms with E-state index in [-0.39, 0.29) is 17.7 Å². The van der Waals surface area contributed by atoms with E-state index in [0.717, 1.165) is 43.9 Å². The summed E-state index contributed by atoms with van der Waals surface area (Å²) < 4.78 is 26.2. The van der Waals surface area contributed by atoms with Crippen molar-refractivity contribution in [2.75, 3.05) is 25.4 Å². The Morgan fingerprint density at radius 1 is 1.14 bits per heavy atom. The van der Waals surface area contributed by atoms with Crippen molar-refractivity contribution in [2.45, 2.75) is 57.7 Å². The lowest BCUT2D eigenvalue weighted by Gasteiger charge is -2.33. The number of benzene rings is 1. The molecule has 6 nitrogen and oxygen atoms in total. The minimum atomic E-state index is -3.34. The molecule has 2 fully saturated rings. The van der Waals surface area contributed by atoms with Gasteiger partial charge in [-0.15, -0.1) is 0 Å². The van der Waals surface area contributed by atoms with Gasteiger partial charge in [0.05, 0.1) is 5.75 Å². The number of halogens is 1. The summed E-state index contributed by atoms with van der Waals surface area (Å²) in [5.41, 5.74) is 1.23. The van der Waals surface area contributed by atoms with Gasteiger partial charge in [0.1, 0.15) is 6.04 Å². The van der Waals surface area contributed by atoms with E-state index in [9.17, 15) is 13.2 Å². The third kappa shape index (κ3) is 5.47. The van der Waals surface area contributed by atoms with E-state index in [0.29, 0.717) is 19.4 Å². The molecule has 1 unspecified atom stereocenters. The topological polar surface area (TPSA) is 69.7 Å². The number of carbonyl (C=O) groups excluding carboxylic acids is 1. The Morgan fingerprint density at radius 2 is 1.82 bits per heavy atom. The van der Waals surface area contributed by atoms with Crippen LogP contribution in [0, 0.1) is 0 Å². The van der Waals surface area contributed by atoms with Crippen LogP contribution in [0.15, 0.2) is 24.3 Å². The summed E-state index contributed by atoms with van der Waals surface area (Å²) in [7, 11) is -3.34. The molecule has 0 aromatic heterocycles. The molecule has 2 heterocycles. The molecule has 28 heavy (non-hydrogen) atoms. The van der Waals surface area contributed by atoms with E-state index in [2.05, 4.69) is 10.2 Å². The minimum absolute atomic E-state index is 0.111. The first-order valence-electron chi connectivity index (χ1n) is 10.2. The van der Waals surface area contributed by atoms with Gasteiger partial charge in [0, 0.05) is 37.2 Å². The Morgan fingerprint density at radius 3 is 2.46 bits per heavy atom. The fourth-order valence-corrected chi connectivity index (χ4v) is 5.96. The Balaban J connectivity index is 1.48. The predicted molar refractivity (Wildman–Crippen MR) is 112 cm³/mol. The van der Waals surface area contributed by atoms with Crippen LogP contribution in [0.5, 0.6) is 0 Å². The maximum absolute atomic E-state index is 12.7. The highest BCUT2D eigenvalue weighted by Crippen LogP contribution is 2.23. The highest BCUT2D eigenvalue weighted by atomic mass is 35.5. The summed E-state index contributed by atoms with van der Waals surface area (Å²) >= 11 is 5.94. The molecular weight excluding hydrogens is 398 g/mol. The summed E-state index contributed by atoms with van der Waals surface area (Å²) in [5, 5.41) is 3.85. The van der Waals surface area contributed by atoms with Gasteiger partial charge in [-0.3, -0.25) is 9.69 Å². The lowest BCUT2D eigenvalue weighted by Crippen LogP contribution is -2.51. The number of sulfonamides is 1. The molecule has 0 bridgehead atoms. The van der Waals surface area contributed by atoms with Crippen molar-refractivity contribution in [1.82, 2.24) is 14.5 Å². The minimum Gasteiger partial charge on any atom is -0.352 e. The van der Waals surface area contributed by atoms with Crippen molar-refractivity contribution in [3.63, 3.8) is 0 Å². The quantitative estimate of drug-likeness (QED) is 0.726. The van der Waals surface area contributed by atoms with Crippen LogP contribution in [-0.2, 0) is 21.4 Å². The van der Waals surface area contributed by atoms with Gasteiger partial charge < -0.3 is 5.32 Å². The maximum Gasteiger partial charge on any atom is 0.238 e. The van der Waals surface area contributed by atoms with Gasteiger partial charge in [0.15, 0.2) is 0 Å². The molecule has 1 N–H and O–H groups in total. The fraction of sp³-hybridized carbons (Fsp3) is 0.650. The molecule has 1 aromatic rings. The van der Waals surface area contributed by atoms with Gasteiger partial charge in [0.2, 0.25) is 15.9 Å². The Kier molecular flexibility index (Phi) is 7.36. The van der Waals surface area contributed by atoms with Gasteiger partial charge in [-0.1, -0.05) is 30.7 Å². The Labute approximate surface area is 173 Å². The van der Waals surface area contributed by atoms with Crippen LogP contribution in [0.25, 0.3) is 0 Å². The number of hydrogen-bond donors (Lipinski definition) is 1. The number of nitrogens with zero attached hydrogens (tertiary/aromatic N) is 2. The number of hydrogen-bond acceptors (Lipinski definition) is 4. The molecule has 156 valence electrons. The van der Waals surface area contributed by atoms with Gasteiger partial charge in [-0.25, -0.2) is 8.42 Å². The summed E-state index contributed by atoms with van der Waals surface area (Å²) in [5.74, 6) is -0.0202. The third-order valence-electron chi connectivity index (χ3n) is 5.58. The van der Waals surface area contributed by atoms with Gasteiger partial charge in [-0.2, -0.15) is 4.31 Å². The van der Waals surface area contributed by atoms with Crippen LogP contribution in [0.1, 0.15) is 44.6 Å². The maximum atomic E-state index is 12.7. The second-order valence-corrected chi connectivity index (χ2v) is 10.2. The first-order chi connectivity index (χ1) is 13.4. The van der Waals surface area contributed by atoms with Crippen LogP contribution >= 0.6 is 11.6 Å². The lowest BCUT2D eigenvalue weighted by molar-refractivity contribution is -0.125. The number of piperidine rings is 1. The molecule has 3 rings (SSSR count). The van der Waals surface area contributed by atoms with Crippen molar-refractivity contribution in [3.05, 3.63) is 34.9 Å². The molecule has 0 saturated carbocycles. The van der Waals surface area contributed by atoms with E-state index in [1.165, 1.54) is 9.87 Å². The van der Waals surface area contributed by atoms with Gasteiger partial charge in [-0.05, 0) is 49.8 Å². The molecular formula is C20H30ClN3O3S. The third-order valence-corrected chi connectivity index (χ3v) is 7.91. The molecule has 1 amide bonds. The fourth-order valence-electron chi connectivity index (χ4n) is 4.09. The number of likely N-dealkylation sites (tertiary alicyclic amines) is 1. The van der Waals surface area contributed by atoms with E-state index in [1.54, 1.807) is 0 Å². The highest BCUT2D eigenvalue weighted by molar-refractivity contribution is 7.89. The first-order valence-corrected chi connectivity index (χ1v) is 12.1. The Hall–Kier alpha value is -1.15. The second kappa shape index (κ2) is 9.57. The summed E-state index contributed by atoms with van der Waals surface area (Å²) in [6.45, 7) is 5.01. The molecule has 2 saturated heterocycles. The first kappa shape index (κ1) is 21.6. The summed E-state index contributed by atoms with van der Waals surface area (Å²) in [4.78, 5) is 15.1. The van der Waals surface area contributed by atoms with Crippen LogP contribution in [-0.4, -0.2) is 61.0 Å². The average molecular weight is 428 g/mol. The summed E-state index contributed by atoms with van der Waals surface area (Å²) in [6.07, 6.45) is 3.70. The molecule has 2 aliphatic heterocycles. The largest absolute Gasteiger partial charge is 0.352 e. The molecule has 1 atom stereocenters. The smallest absolute Gasteiger partial charge is 0.238 e. The van der Waals surface area contributed by atoms with E-state index in [4.69, 9.17) is 11.6 Å². The standard InChI is InChI=1S/C20H30ClN3O3S/c1-2-14-28(26,27)24-11-3-4-19(24)20(25)22-18-9-12-23(13-10-18)15-16-5-7-17(21)8-6-16/h5-8,18-19H,2-4,9-15H2,1H3,(H,22,25). The van der Waals surface area contributed by atoms with E-state index in [1.807, 2.05) is 31.2 Å². The van der Waals surface area contributed by atoms with Crippen LogP contribution in [0.4, 0.5) is 0 Å². The van der Waals surface area contributed by atoms with Crippen LogP contribution in [0.2, 0.25) is 5.02 Å². The van der Waals surface area contributed by atoms with Crippen molar-refractivity contribution in [2.24, 2.45) is 0 Å². The zero-order chi connectivity index (χ0) is 20.1. The van der Waals surface area contributed by atoms with Crippen LogP contribution in [0.3, 0.4) is 0 Å². The molecule has 0 radical (unpaired) electrons. The number of amides is 1. The normalized spacial score (nSPS) is 22.4. The SMILES string of the molecule is CCCS(=O)(=O)N1CCCC1C(=O)NC1CCN(Cc2ccc(Cl)cc2)CC1. The molecule has 1 aromatic carbocycles. The van der Waals surface area contributed by atoms with Crippen molar-refractivity contribution >= 4 is 27.5 Å². The Bertz CT molecular complexity index is 761. The highest BCUT2D eigenvalue weighted by Gasteiger charge is 2.38. The van der Waals surface area contributed by atoms with Crippen molar-refractivity contribution in [3.8, 4) is 0 Å². The van der Waals surface area contributed by atoms with E-state index < -0.39 is 16.1 Å². The number of rotatable bonds is 7. The zero-order valence-corrected chi connectivity index (χ0v) is 18.0. The molecule has 2 aliphatic rings. The monoisotopic (exact) mass is 427 g/mol. The predicted octanol–water partition coefficient (Wildman–Crippen LogP) is 2.62. The molecule has 0 spiro atoms. The average Bonchev–Trinajstić information content (AvgIpc) is 3.16. The number of carbonyl (C=O) groups is 1. The molecule has 8 heteroatoms. The lowest BCUT2D eigenvalue weighted by atomic mass is 10.0. The summed E-state index contributed by atoms with van der Waals surface area (Å²) in [6, 6.07) is 7.48. The molecule has 0 aliphatic carbocycles. The van der Waals surface area contributed by atoms with Gasteiger partial charge >= 0.3 is 0 Å². The van der Waals surface area contributed by atoms with E-state index >= 15 is 0 Å². The zero-order valence-electron chi connectivity index (χ0n) is 16.4. The number of nitrogens with one attached hydrogen (secondary N) is 1. The van der Waals surface area contributed by atoms with Crippen molar-refractivity contribution in [1.29, 1.82) is 0 Å². The van der Waals surface area contributed by atoms with Gasteiger partial charge in [0.25, 0.3) is 0 Å². The second-order valence-electron chi connectivity index (χ2n) is 7.77. The van der Waals surface area contributed by atoms with Crippen molar-refractivity contribution < 1.29 is 13.2 Å².